The van der Waals surface area contributed by atoms with Gasteiger partial charge in [-0.3, -0.25) is 14.6 Å². The van der Waals surface area contributed by atoms with Gasteiger partial charge in [0.2, 0.25) is 0 Å². The third-order valence-corrected chi connectivity index (χ3v) is 6.06. The summed E-state index contributed by atoms with van der Waals surface area (Å²) in [5, 5.41) is 3.07. The largest absolute Gasteiger partial charge is 0.322 e. The molecule has 0 bridgehead atoms. The number of para-hydroxylation sites is 1. The molecule has 3 aromatic carbocycles. The number of nitrogens with one attached hydrogen (secondary N) is 1. The van der Waals surface area contributed by atoms with E-state index in [4.69, 9.17) is 0 Å². The van der Waals surface area contributed by atoms with E-state index in [-0.39, 0.29) is 5.91 Å². The van der Waals surface area contributed by atoms with Gasteiger partial charge in [0, 0.05) is 50.5 Å². The minimum absolute atomic E-state index is 0.0570. The number of carbonyl (C=O) groups excluding carboxylic acids is 1. The predicted octanol–water partition coefficient (Wildman–Crippen LogP) is 4.87. The molecule has 31 heavy (non-hydrogen) atoms. The van der Waals surface area contributed by atoms with E-state index < -0.39 is 0 Å². The second-order valence-electron chi connectivity index (χ2n) is 8.46. The number of benzene rings is 3. The maximum atomic E-state index is 12.7. The molecule has 0 spiro atoms. The summed E-state index contributed by atoms with van der Waals surface area (Å²) in [6, 6.07) is 24.8. The number of carbonyl (C=O) groups is 1. The summed E-state index contributed by atoms with van der Waals surface area (Å²) in [5.41, 5.74) is 6.39. The SMILES string of the molecule is Cc1cccc(C)c1NC(=O)c1ccc(CN2CCN(Cc3ccccc3)CC2)cc1. The van der Waals surface area contributed by atoms with E-state index >= 15 is 0 Å². The molecule has 0 saturated carbocycles. The number of anilines is 1. The van der Waals surface area contributed by atoms with Crippen LogP contribution >= 0.6 is 0 Å². The number of nitrogens with zero attached hydrogens (tertiary/aromatic N) is 2. The van der Waals surface area contributed by atoms with Crippen molar-refractivity contribution >= 4 is 11.6 Å². The average molecular weight is 414 g/mol. The lowest BCUT2D eigenvalue weighted by Gasteiger charge is -2.34. The highest BCUT2D eigenvalue weighted by Gasteiger charge is 2.17. The summed E-state index contributed by atoms with van der Waals surface area (Å²) >= 11 is 0. The Morgan fingerprint density at radius 1 is 0.710 bits per heavy atom. The fraction of sp³-hybridized carbons (Fsp3) is 0.296. The summed E-state index contributed by atoms with van der Waals surface area (Å²) in [7, 11) is 0. The van der Waals surface area contributed by atoms with Crippen molar-refractivity contribution in [1.82, 2.24) is 9.80 Å². The van der Waals surface area contributed by atoms with Gasteiger partial charge in [0.1, 0.15) is 0 Å². The molecule has 4 rings (SSSR count). The van der Waals surface area contributed by atoms with Crippen LogP contribution in [-0.4, -0.2) is 41.9 Å². The van der Waals surface area contributed by atoms with Crippen LogP contribution < -0.4 is 5.32 Å². The Hall–Kier alpha value is -2.95. The van der Waals surface area contributed by atoms with E-state index in [0.717, 1.165) is 56.1 Å². The Morgan fingerprint density at radius 2 is 1.23 bits per heavy atom. The van der Waals surface area contributed by atoms with E-state index in [1.54, 1.807) is 0 Å². The zero-order valence-electron chi connectivity index (χ0n) is 18.5. The molecule has 3 aromatic rings. The van der Waals surface area contributed by atoms with Crippen LogP contribution in [0.3, 0.4) is 0 Å². The quantitative estimate of drug-likeness (QED) is 0.626. The molecule has 1 heterocycles. The van der Waals surface area contributed by atoms with E-state index in [1.807, 2.05) is 44.2 Å². The van der Waals surface area contributed by atoms with Gasteiger partial charge in [-0.15, -0.1) is 0 Å². The number of rotatable bonds is 6. The Labute approximate surface area is 185 Å². The Kier molecular flexibility index (Phi) is 6.80. The fourth-order valence-corrected chi connectivity index (χ4v) is 4.16. The minimum Gasteiger partial charge on any atom is -0.322 e. The molecule has 1 amide bonds. The van der Waals surface area contributed by atoms with Crippen LogP contribution in [0.4, 0.5) is 5.69 Å². The molecule has 4 heteroatoms. The molecular formula is C27H31N3O. The molecule has 0 atom stereocenters. The number of hydrogen-bond donors (Lipinski definition) is 1. The number of aryl methyl sites for hydroxylation is 2. The molecule has 0 radical (unpaired) electrons. The van der Waals surface area contributed by atoms with Crippen molar-refractivity contribution in [3.63, 3.8) is 0 Å². The lowest BCUT2D eigenvalue weighted by Crippen LogP contribution is -2.45. The van der Waals surface area contributed by atoms with Crippen LogP contribution in [0.15, 0.2) is 72.8 Å². The van der Waals surface area contributed by atoms with Gasteiger partial charge in [-0.1, -0.05) is 60.7 Å². The molecule has 160 valence electrons. The molecule has 1 aliphatic rings. The third kappa shape index (κ3) is 5.60. The maximum absolute atomic E-state index is 12.7. The van der Waals surface area contributed by atoms with Crippen molar-refractivity contribution in [3.05, 3.63) is 101 Å². The van der Waals surface area contributed by atoms with Gasteiger partial charge in [-0.2, -0.15) is 0 Å². The molecule has 1 N–H and O–H groups in total. The van der Waals surface area contributed by atoms with Gasteiger partial charge in [0.05, 0.1) is 0 Å². The zero-order chi connectivity index (χ0) is 21.6. The fourth-order valence-electron chi connectivity index (χ4n) is 4.16. The molecule has 1 fully saturated rings. The van der Waals surface area contributed by atoms with Gasteiger partial charge in [0.25, 0.3) is 5.91 Å². The molecule has 4 nitrogen and oxygen atoms in total. The average Bonchev–Trinajstić information content (AvgIpc) is 2.79. The minimum atomic E-state index is -0.0570. The zero-order valence-corrected chi connectivity index (χ0v) is 18.5. The lowest BCUT2D eigenvalue weighted by atomic mass is 10.1. The Balaban J connectivity index is 1.28. The van der Waals surface area contributed by atoms with Crippen LogP contribution in [0.5, 0.6) is 0 Å². The first-order valence-corrected chi connectivity index (χ1v) is 11.0. The first-order valence-electron chi connectivity index (χ1n) is 11.0. The van der Waals surface area contributed by atoms with E-state index in [1.165, 1.54) is 11.1 Å². The van der Waals surface area contributed by atoms with Gasteiger partial charge < -0.3 is 5.32 Å². The summed E-state index contributed by atoms with van der Waals surface area (Å²) in [6.45, 7) is 10.3. The highest BCUT2D eigenvalue weighted by atomic mass is 16.1. The summed E-state index contributed by atoms with van der Waals surface area (Å²) in [6.07, 6.45) is 0. The van der Waals surface area contributed by atoms with Crippen molar-refractivity contribution in [1.29, 1.82) is 0 Å². The first-order chi connectivity index (χ1) is 15.1. The standard InChI is InChI=1S/C27H31N3O/c1-21-7-6-8-22(2)26(21)28-27(31)25-13-11-24(12-14-25)20-30-17-15-29(16-18-30)19-23-9-4-3-5-10-23/h3-14H,15-20H2,1-2H3,(H,28,31). The monoisotopic (exact) mass is 413 g/mol. The maximum Gasteiger partial charge on any atom is 0.255 e. The molecule has 1 saturated heterocycles. The number of amides is 1. The number of piperazine rings is 1. The summed E-state index contributed by atoms with van der Waals surface area (Å²) in [5.74, 6) is -0.0570. The molecule has 0 aromatic heterocycles. The van der Waals surface area contributed by atoms with Crippen LogP contribution in [0.1, 0.15) is 32.6 Å². The predicted molar refractivity (Wildman–Crippen MR) is 127 cm³/mol. The van der Waals surface area contributed by atoms with Crippen LogP contribution in [-0.2, 0) is 13.1 Å². The van der Waals surface area contributed by atoms with Crippen molar-refractivity contribution in [2.24, 2.45) is 0 Å². The second kappa shape index (κ2) is 9.90. The summed E-state index contributed by atoms with van der Waals surface area (Å²) in [4.78, 5) is 17.7. The lowest BCUT2D eigenvalue weighted by molar-refractivity contribution is 0.102. The molecule has 1 aliphatic heterocycles. The first kappa shape index (κ1) is 21.3. The Bertz CT molecular complexity index is 986. The second-order valence-corrected chi connectivity index (χ2v) is 8.46. The molecule has 0 aliphatic carbocycles. The van der Waals surface area contributed by atoms with E-state index in [2.05, 4.69) is 57.6 Å². The van der Waals surface area contributed by atoms with Crippen molar-refractivity contribution in [2.45, 2.75) is 26.9 Å². The van der Waals surface area contributed by atoms with Crippen molar-refractivity contribution < 1.29 is 4.79 Å². The van der Waals surface area contributed by atoms with Crippen molar-refractivity contribution in [2.75, 3.05) is 31.5 Å². The van der Waals surface area contributed by atoms with Gasteiger partial charge in [-0.05, 0) is 48.2 Å². The smallest absolute Gasteiger partial charge is 0.255 e. The summed E-state index contributed by atoms with van der Waals surface area (Å²) < 4.78 is 0. The highest BCUT2D eigenvalue weighted by Crippen LogP contribution is 2.20. The Morgan fingerprint density at radius 3 is 1.77 bits per heavy atom. The normalized spacial score (nSPS) is 15.0. The molecule has 0 unspecified atom stereocenters. The topological polar surface area (TPSA) is 35.6 Å². The molecular weight excluding hydrogens is 382 g/mol. The van der Waals surface area contributed by atoms with E-state index in [0.29, 0.717) is 5.56 Å². The van der Waals surface area contributed by atoms with Crippen LogP contribution in [0, 0.1) is 13.8 Å². The van der Waals surface area contributed by atoms with E-state index in [9.17, 15) is 4.79 Å². The highest BCUT2D eigenvalue weighted by molar-refractivity contribution is 6.05. The van der Waals surface area contributed by atoms with Gasteiger partial charge in [-0.25, -0.2) is 0 Å². The van der Waals surface area contributed by atoms with Gasteiger partial charge in [0.15, 0.2) is 0 Å². The van der Waals surface area contributed by atoms with Crippen molar-refractivity contribution in [3.8, 4) is 0 Å². The van der Waals surface area contributed by atoms with Crippen LogP contribution in [0.25, 0.3) is 0 Å². The van der Waals surface area contributed by atoms with Gasteiger partial charge >= 0.3 is 0 Å². The van der Waals surface area contributed by atoms with Crippen LogP contribution in [0.2, 0.25) is 0 Å². The number of hydrogen-bond acceptors (Lipinski definition) is 3. The third-order valence-electron chi connectivity index (χ3n) is 6.06.